The molecule has 3 rings (SSSR count). The van der Waals surface area contributed by atoms with Crippen molar-refractivity contribution >= 4 is 17.3 Å². The second kappa shape index (κ2) is 6.06. The number of nitrogens with one attached hydrogen (secondary N) is 1. The Bertz CT molecular complexity index is 627. The summed E-state index contributed by atoms with van der Waals surface area (Å²) in [6, 6.07) is 13.9. The molecule has 110 valence electrons. The fourth-order valence-electron chi connectivity index (χ4n) is 2.74. The summed E-state index contributed by atoms with van der Waals surface area (Å²) in [7, 11) is 1.95. The van der Waals surface area contributed by atoms with E-state index in [4.69, 9.17) is 11.6 Å². The van der Waals surface area contributed by atoms with Gasteiger partial charge in [-0.05, 0) is 42.8 Å². The number of rotatable bonds is 3. The van der Waals surface area contributed by atoms with Crippen LogP contribution in [-0.2, 0) is 13.0 Å². The lowest BCUT2D eigenvalue weighted by Crippen LogP contribution is -2.32. The molecule has 0 amide bonds. The Morgan fingerprint density at radius 2 is 2.00 bits per heavy atom. The molecule has 3 nitrogen and oxygen atoms in total. The molecule has 0 bridgehead atoms. The highest BCUT2D eigenvalue weighted by atomic mass is 35.5. The van der Waals surface area contributed by atoms with Crippen molar-refractivity contribution in [3.8, 4) is 0 Å². The van der Waals surface area contributed by atoms with Crippen LogP contribution in [0.25, 0.3) is 0 Å². The van der Waals surface area contributed by atoms with Crippen LogP contribution in [0, 0.1) is 0 Å². The summed E-state index contributed by atoms with van der Waals surface area (Å²) in [6.07, 6.45) is 0.443. The van der Waals surface area contributed by atoms with E-state index >= 15 is 0 Å². The summed E-state index contributed by atoms with van der Waals surface area (Å²) in [5.41, 5.74) is 4.52. The molecule has 0 fully saturated rings. The number of aliphatic hydroxyl groups is 1. The molecule has 0 saturated heterocycles. The Morgan fingerprint density at radius 1 is 1.24 bits per heavy atom. The average Bonchev–Trinajstić information content (AvgIpc) is 2.50. The van der Waals surface area contributed by atoms with Gasteiger partial charge in [-0.15, -0.1) is 0 Å². The SMILES string of the molecule is CN1CCc2c(NCc3ccc(Cl)cc3)cccc2C1O. The van der Waals surface area contributed by atoms with Gasteiger partial charge in [0.05, 0.1) is 0 Å². The van der Waals surface area contributed by atoms with Gasteiger partial charge in [0.1, 0.15) is 6.23 Å². The second-order valence-electron chi connectivity index (χ2n) is 5.46. The predicted molar refractivity (Wildman–Crippen MR) is 86.5 cm³/mol. The van der Waals surface area contributed by atoms with Crippen LogP contribution in [0.15, 0.2) is 42.5 Å². The van der Waals surface area contributed by atoms with Gasteiger partial charge in [-0.25, -0.2) is 0 Å². The van der Waals surface area contributed by atoms with Crippen molar-refractivity contribution in [2.45, 2.75) is 19.2 Å². The van der Waals surface area contributed by atoms with Crippen molar-refractivity contribution in [2.24, 2.45) is 0 Å². The predicted octanol–water partition coefficient (Wildman–Crippen LogP) is 3.43. The third-order valence-electron chi connectivity index (χ3n) is 4.02. The topological polar surface area (TPSA) is 35.5 Å². The molecule has 1 unspecified atom stereocenters. The van der Waals surface area contributed by atoms with Crippen molar-refractivity contribution in [3.63, 3.8) is 0 Å². The number of benzene rings is 2. The zero-order valence-electron chi connectivity index (χ0n) is 12.0. The summed E-state index contributed by atoms with van der Waals surface area (Å²) < 4.78 is 0. The van der Waals surface area contributed by atoms with Gasteiger partial charge in [0.15, 0.2) is 0 Å². The van der Waals surface area contributed by atoms with Gasteiger partial charge in [-0.2, -0.15) is 0 Å². The molecule has 1 heterocycles. The van der Waals surface area contributed by atoms with Crippen molar-refractivity contribution in [3.05, 3.63) is 64.2 Å². The Hall–Kier alpha value is -1.55. The van der Waals surface area contributed by atoms with Crippen molar-refractivity contribution in [1.82, 2.24) is 4.90 Å². The molecule has 1 atom stereocenters. The van der Waals surface area contributed by atoms with E-state index in [0.29, 0.717) is 0 Å². The van der Waals surface area contributed by atoms with E-state index < -0.39 is 6.23 Å². The fourth-order valence-corrected chi connectivity index (χ4v) is 2.86. The Labute approximate surface area is 130 Å². The first-order valence-electron chi connectivity index (χ1n) is 7.13. The van der Waals surface area contributed by atoms with Gasteiger partial charge in [0.25, 0.3) is 0 Å². The molecular formula is C17H19ClN2O. The van der Waals surface area contributed by atoms with Crippen molar-refractivity contribution in [1.29, 1.82) is 0 Å². The number of likely N-dealkylation sites (N-methyl/N-ethyl adjacent to an activating group) is 1. The van der Waals surface area contributed by atoms with Crippen LogP contribution in [-0.4, -0.2) is 23.6 Å². The minimum atomic E-state index is -0.508. The van der Waals surface area contributed by atoms with E-state index in [1.165, 1.54) is 11.1 Å². The molecule has 2 N–H and O–H groups in total. The minimum Gasteiger partial charge on any atom is -0.381 e. The normalized spacial score (nSPS) is 18.3. The third-order valence-corrected chi connectivity index (χ3v) is 4.27. The monoisotopic (exact) mass is 302 g/mol. The van der Waals surface area contributed by atoms with Gasteiger partial charge in [-0.3, -0.25) is 4.90 Å². The van der Waals surface area contributed by atoms with Crippen molar-refractivity contribution in [2.75, 3.05) is 18.9 Å². The Morgan fingerprint density at radius 3 is 2.76 bits per heavy atom. The molecule has 0 radical (unpaired) electrons. The van der Waals surface area contributed by atoms with Gasteiger partial charge in [0.2, 0.25) is 0 Å². The largest absolute Gasteiger partial charge is 0.381 e. The molecule has 0 saturated carbocycles. The van der Waals surface area contributed by atoms with E-state index in [9.17, 15) is 5.11 Å². The number of anilines is 1. The van der Waals surface area contributed by atoms with Crippen LogP contribution in [0.3, 0.4) is 0 Å². The molecule has 1 aliphatic rings. The van der Waals surface area contributed by atoms with E-state index in [0.717, 1.165) is 35.8 Å². The van der Waals surface area contributed by atoms with Crippen molar-refractivity contribution < 1.29 is 5.11 Å². The van der Waals surface area contributed by atoms with Crippen LogP contribution in [0.4, 0.5) is 5.69 Å². The zero-order valence-corrected chi connectivity index (χ0v) is 12.8. The summed E-state index contributed by atoms with van der Waals surface area (Å²) >= 11 is 5.90. The third kappa shape index (κ3) is 3.05. The number of aliphatic hydroxyl groups excluding tert-OH is 1. The molecule has 4 heteroatoms. The molecule has 0 aromatic heterocycles. The quantitative estimate of drug-likeness (QED) is 0.912. The summed E-state index contributed by atoms with van der Waals surface area (Å²) in [5, 5.41) is 14.5. The van der Waals surface area contributed by atoms with Crippen LogP contribution in [0.5, 0.6) is 0 Å². The van der Waals surface area contributed by atoms with E-state index in [1.54, 1.807) is 0 Å². The number of hydrogen-bond acceptors (Lipinski definition) is 3. The first-order chi connectivity index (χ1) is 10.1. The van der Waals surface area contributed by atoms with E-state index in [1.807, 2.05) is 48.3 Å². The van der Waals surface area contributed by atoms with Crippen LogP contribution < -0.4 is 5.32 Å². The Kier molecular flexibility index (Phi) is 4.15. The average molecular weight is 303 g/mol. The maximum absolute atomic E-state index is 10.3. The zero-order chi connectivity index (χ0) is 14.8. The van der Waals surface area contributed by atoms with E-state index in [2.05, 4.69) is 11.4 Å². The summed E-state index contributed by atoms with van der Waals surface area (Å²) in [6.45, 7) is 1.62. The standard InChI is InChI=1S/C17H19ClN2O/c1-20-10-9-14-15(17(20)21)3-2-4-16(14)19-11-12-5-7-13(18)8-6-12/h2-8,17,19,21H,9-11H2,1H3. The lowest BCUT2D eigenvalue weighted by Gasteiger charge is -2.32. The van der Waals surface area contributed by atoms with Gasteiger partial charge >= 0.3 is 0 Å². The Balaban J connectivity index is 1.79. The smallest absolute Gasteiger partial charge is 0.133 e. The highest BCUT2D eigenvalue weighted by Gasteiger charge is 2.23. The lowest BCUT2D eigenvalue weighted by molar-refractivity contribution is 0.0129. The van der Waals surface area contributed by atoms with Crippen LogP contribution >= 0.6 is 11.6 Å². The molecule has 2 aromatic rings. The maximum atomic E-state index is 10.3. The van der Waals surface area contributed by atoms with Gasteiger partial charge in [-0.1, -0.05) is 35.9 Å². The van der Waals surface area contributed by atoms with Crippen LogP contribution in [0.2, 0.25) is 5.02 Å². The number of halogens is 1. The first-order valence-corrected chi connectivity index (χ1v) is 7.51. The fraction of sp³-hybridized carbons (Fsp3) is 0.294. The van der Waals surface area contributed by atoms with Gasteiger partial charge in [0, 0.05) is 29.4 Å². The number of nitrogens with zero attached hydrogens (tertiary/aromatic N) is 1. The second-order valence-corrected chi connectivity index (χ2v) is 5.89. The molecular weight excluding hydrogens is 284 g/mol. The number of hydrogen-bond donors (Lipinski definition) is 2. The minimum absolute atomic E-state index is 0.508. The number of fused-ring (bicyclic) bond motifs is 1. The molecule has 2 aromatic carbocycles. The molecule has 0 aliphatic carbocycles. The first kappa shape index (κ1) is 14.4. The summed E-state index contributed by atoms with van der Waals surface area (Å²) in [5.74, 6) is 0. The lowest BCUT2D eigenvalue weighted by atomic mass is 9.96. The summed E-state index contributed by atoms with van der Waals surface area (Å²) in [4.78, 5) is 1.96. The van der Waals surface area contributed by atoms with Crippen LogP contribution in [0.1, 0.15) is 22.9 Å². The molecule has 21 heavy (non-hydrogen) atoms. The van der Waals surface area contributed by atoms with E-state index in [-0.39, 0.29) is 0 Å². The highest BCUT2D eigenvalue weighted by Crippen LogP contribution is 2.31. The maximum Gasteiger partial charge on any atom is 0.133 e. The highest BCUT2D eigenvalue weighted by molar-refractivity contribution is 6.30. The molecule has 1 aliphatic heterocycles. The van der Waals surface area contributed by atoms with Gasteiger partial charge < -0.3 is 10.4 Å². The molecule has 0 spiro atoms.